The Hall–Kier alpha value is -1.39. The first-order valence-electron chi connectivity index (χ1n) is 7.36. The fourth-order valence-corrected chi connectivity index (χ4v) is 2.89. The number of amides is 1. The van der Waals surface area contributed by atoms with E-state index in [1.54, 1.807) is 6.92 Å². The topological polar surface area (TPSA) is 64.4 Å². The summed E-state index contributed by atoms with van der Waals surface area (Å²) in [5, 5.41) is 3.10. The zero-order valence-electron chi connectivity index (χ0n) is 11.8. The van der Waals surface area contributed by atoms with Gasteiger partial charge in [-0.05, 0) is 37.7 Å². The molecule has 0 aromatic heterocycles. The summed E-state index contributed by atoms with van der Waals surface area (Å²) in [5.74, 6) is 0.508. The van der Waals surface area contributed by atoms with Gasteiger partial charge in [0.2, 0.25) is 5.91 Å². The lowest BCUT2D eigenvalue weighted by Gasteiger charge is -2.28. The van der Waals surface area contributed by atoms with Crippen molar-refractivity contribution >= 4 is 5.91 Å². The van der Waals surface area contributed by atoms with Crippen LogP contribution in [0.2, 0.25) is 0 Å². The third kappa shape index (κ3) is 2.58. The summed E-state index contributed by atoms with van der Waals surface area (Å²) in [5.41, 5.74) is 6.07. The van der Waals surface area contributed by atoms with Crippen LogP contribution in [-0.4, -0.2) is 24.7 Å². The number of ether oxygens (including phenoxy) is 1. The fourth-order valence-electron chi connectivity index (χ4n) is 2.89. The van der Waals surface area contributed by atoms with Crippen LogP contribution in [0.5, 0.6) is 0 Å². The first-order valence-corrected chi connectivity index (χ1v) is 7.36. The molecule has 0 spiro atoms. The maximum absolute atomic E-state index is 12.5. The van der Waals surface area contributed by atoms with Crippen molar-refractivity contribution in [3.8, 4) is 0 Å². The molecule has 1 amide bonds. The number of carbonyl (C=O) groups is 1. The van der Waals surface area contributed by atoms with Crippen LogP contribution in [-0.2, 0) is 15.1 Å². The van der Waals surface area contributed by atoms with Crippen molar-refractivity contribution in [2.45, 2.75) is 43.9 Å². The van der Waals surface area contributed by atoms with E-state index in [-0.39, 0.29) is 18.1 Å². The number of benzene rings is 1. The molecule has 2 aliphatic rings. The molecule has 3 rings (SSSR count). The van der Waals surface area contributed by atoms with E-state index in [4.69, 9.17) is 10.5 Å². The second kappa shape index (κ2) is 5.19. The highest BCUT2D eigenvalue weighted by Crippen LogP contribution is 2.38. The highest BCUT2D eigenvalue weighted by Gasteiger charge is 2.43. The molecule has 108 valence electrons. The zero-order valence-corrected chi connectivity index (χ0v) is 11.8. The Balaban J connectivity index is 1.69. The predicted octanol–water partition coefficient (Wildman–Crippen LogP) is 1.54. The molecular formula is C16H22N2O2. The molecule has 1 aliphatic heterocycles. The molecule has 20 heavy (non-hydrogen) atoms. The van der Waals surface area contributed by atoms with Crippen LogP contribution < -0.4 is 11.1 Å². The van der Waals surface area contributed by atoms with E-state index in [9.17, 15) is 4.79 Å². The first kappa shape index (κ1) is 13.6. The van der Waals surface area contributed by atoms with Crippen LogP contribution in [0.1, 0.15) is 31.7 Å². The summed E-state index contributed by atoms with van der Waals surface area (Å²) in [7, 11) is 0. The van der Waals surface area contributed by atoms with E-state index in [1.165, 1.54) is 12.8 Å². The van der Waals surface area contributed by atoms with Crippen molar-refractivity contribution in [3.63, 3.8) is 0 Å². The predicted molar refractivity (Wildman–Crippen MR) is 77.0 cm³/mol. The van der Waals surface area contributed by atoms with Crippen molar-refractivity contribution in [1.29, 1.82) is 0 Å². The summed E-state index contributed by atoms with van der Waals surface area (Å²) >= 11 is 0. The Morgan fingerprint density at radius 1 is 1.30 bits per heavy atom. The highest BCUT2D eigenvalue weighted by molar-refractivity contribution is 5.87. The molecule has 3 N–H and O–H groups in total. The van der Waals surface area contributed by atoms with Crippen molar-refractivity contribution in [1.82, 2.24) is 5.32 Å². The lowest BCUT2D eigenvalue weighted by Crippen LogP contribution is -2.53. The Bertz CT molecular complexity index is 483. The number of rotatable bonds is 4. The van der Waals surface area contributed by atoms with Gasteiger partial charge >= 0.3 is 0 Å². The minimum absolute atomic E-state index is 0.113. The minimum atomic E-state index is -1.00. The maximum atomic E-state index is 12.5. The third-order valence-electron chi connectivity index (χ3n) is 4.38. The molecule has 1 aliphatic carbocycles. The van der Waals surface area contributed by atoms with Gasteiger partial charge in [0, 0.05) is 6.61 Å². The second-order valence-electron chi connectivity index (χ2n) is 6.11. The lowest BCUT2D eigenvalue weighted by molar-refractivity contribution is -0.127. The van der Waals surface area contributed by atoms with Gasteiger partial charge in [-0.15, -0.1) is 0 Å². The van der Waals surface area contributed by atoms with Crippen molar-refractivity contribution in [2.24, 2.45) is 11.7 Å². The summed E-state index contributed by atoms with van der Waals surface area (Å²) in [6.07, 6.45) is 3.51. The Morgan fingerprint density at radius 2 is 2.00 bits per heavy atom. The fraction of sp³-hybridized carbons (Fsp3) is 0.562. The largest absolute Gasteiger partial charge is 0.376 e. The Kier molecular flexibility index (Phi) is 3.52. The van der Waals surface area contributed by atoms with E-state index in [0.29, 0.717) is 5.92 Å². The first-order chi connectivity index (χ1) is 9.59. The number of hydrogen-bond donors (Lipinski definition) is 2. The number of hydrogen-bond acceptors (Lipinski definition) is 3. The molecule has 1 saturated carbocycles. The van der Waals surface area contributed by atoms with Gasteiger partial charge in [0.05, 0.1) is 12.1 Å². The molecule has 1 aromatic carbocycles. The van der Waals surface area contributed by atoms with Gasteiger partial charge in [0.25, 0.3) is 0 Å². The van der Waals surface area contributed by atoms with Gasteiger partial charge in [-0.2, -0.15) is 0 Å². The van der Waals surface area contributed by atoms with Crippen LogP contribution in [0.4, 0.5) is 0 Å². The average Bonchev–Trinajstić information content (AvgIpc) is 3.20. The van der Waals surface area contributed by atoms with E-state index in [0.717, 1.165) is 18.6 Å². The maximum Gasteiger partial charge on any atom is 0.244 e. The Labute approximate surface area is 119 Å². The highest BCUT2D eigenvalue weighted by atomic mass is 16.5. The van der Waals surface area contributed by atoms with Gasteiger partial charge in [-0.3, -0.25) is 4.79 Å². The third-order valence-corrected chi connectivity index (χ3v) is 4.38. The summed E-state index contributed by atoms with van der Waals surface area (Å²) < 4.78 is 5.75. The van der Waals surface area contributed by atoms with Gasteiger partial charge < -0.3 is 15.8 Å². The lowest BCUT2D eigenvalue weighted by atomic mass is 9.91. The summed E-state index contributed by atoms with van der Waals surface area (Å²) in [4.78, 5) is 12.5. The summed E-state index contributed by atoms with van der Waals surface area (Å²) in [6, 6.07) is 9.62. The van der Waals surface area contributed by atoms with E-state index in [1.807, 2.05) is 30.3 Å². The standard InChI is InChI=1S/C16H22N2O2/c1-16(17,12-5-3-2-4-6-12)15(19)18-13-9-10-20-14(13)11-7-8-11/h2-6,11,13-14H,7-10,17H2,1H3,(H,18,19). The smallest absolute Gasteiger partial charge is 0.244 e. The van der Waals surface area contributed by atoms with Crippen LogP contribution in [0, 0.1) is 5.92 Å². The molecule has 1 heterocycles. The molecule has 4 nitrogen and oxygen atoms in total. The average molecular weight is 274 g/mol. The van der Waals surface area contributed by atoms with Gasteiger partial charge in [-0.25, -0.2) is 0 Å². The van der Waals surface area contributed by atoms with Crippen LogP contribution in [0.25, 0.3) is 0 Å². The number of nitrogens with two attached hydrogens (primary N) is 1. The Morgan fingerprint density at radius 3 is 2.65 bits per heavy atom. The molecule has 0 radical (unpaired) electrons. The van der Waals surface area contributed by atoms with Gasteiger partial charge in [0.1, 0.15) is 5.54 Å². The van der Waals surface area contributed by atoms with E-state index >= 15 is 0 Å². The molecule has 4 heteroatoms. The van der Waals surface area contributed by atoms with Crippen LogP contribution in [0.15, 0.2) is 30.3 Å². The minimum Gasteiger partial charge on any atom is -0.376 e. The number of nitrogens with one attached hydrogen (secondary N) is 1. The zero-order chi connectivity index (χ0) is 14.2. The number of carbonyl (C=O) groups excluding carboxylic acids is 1. The van der Waals surface area contributed by atoms with Crippen LogP contribution in [0.3, 0.4) is 0 Å². The van der Waals surface area contributed by atoms with E-state index < -0.39 is 5.54 Å². The van der Waals surface area contributed by atoms with Crippen molar-refractivity contribution in [3.05, 3.63) is 35.9 Å². The van der Waals surface area contributed by atoms with Crippen LogP contribution >= 0.6 is 0 Å². The van der Waals surface area contributed by atoms with E-state index in [2.05, 4.69) is 5.32 Å². The summed E-state index contributed by atoms with van der Waals surface area (Å²) in [6.45, 7) is 2.50. The van der Waals surface area contributed by atoms with Gasteiger partial charge in [-0.1, -0.05) is 30.3 Å². The van der Waals surface area contributed by atoms with Gasteiger partial charge in [0.15, 0.2) is 0 Å². The molecule has 1 saturated heterocycles. The molecule has 2 fully saturated rings. The van der Waals surface area contributed by atoms with Crippen molar-refractivity contribution in [2.75, 3.05) is 6.61 Å². The van der Waals surface area contributed by atoms with Crippen molar-refractivity contribution < 1.29 is 9.53 Å². The normalized spacial score (nSPS) is 28.9. The molecule has 3 unspecified atom stereocenters. The SMILES string of the molecule is CC(N)(C(=O)NC1CCOC1C1CC1)c1ccccc1. The second-order valence-corrected chi connectivity index (χ2v) is 6.11. The molecule has 3 atom stereocenters. The monoisotopic (exact) mass is 274 g/mol. The molecule has 0 bridgehead atoms. The molecular weight excluding hydrogens is 252 g/mol. The molecule has 1 aromatic rings. The quantitative estimate of drug-likeness (QED) is 0.875.